The molecule has 0 heterocycles. The summed E-state index contributed by atoms with van der Waals surface area (Å²) in [6, 6.07) is -1.16. The topological polar surface area (TPSA) is 78.9 Å². The minimum atomic E-state index is -1.16. The van der Waals surface area contributed by atoms with E-state index >= 15 is 0 Å². The van der Waals surface area contributed by atoms with Crippen molar-refractivity contribution in [2.45, 2.75) is 52.1 Å². The smallest absolute Gasteiger partial charge is 0.306 e. The molecule has 0 amide bonds. The fraction of sp³-hybridized carbons (Fsp3) is 0.750. The summed E-state index contributed by atoms with van der Waals surface area (Å²) in [5.74, 6) is -1.49. The van der Waals surface area contributed by atoms with E-state index in [-0.39, 0.29) is 25.9 Å². The maximum atomic E-state index is 11.2. The number of carbonyl (C=O) groups is 3. The molecule has 2 radical (unpaired) electrons. The fourth-order valence-electron chi connectivity index (χ4n) is 1.04. The van der Waals surface area contributed by atoms with E-state index in [9.17, 15) is 14.4 Å². The zero-order valence-electron chi connectivity index (χ0n) is 11.5. The third kappa shape index (κ3) is 7.49. The van der Waals surface area contributed by atoms with Crippen molar-refractivity contribution in [1.82, 2.24) is 0 Å². The first kappa shape index (κ1) is 17.5. The number of esters is 3. The maximum absolute atomic E-state index is 11.2. The van der Waals surface area contributed by atoms with E-state index in [1.54, 1.807) is 20.8 Å². The molecule has 0 aromatic carbocycles. The molecule has 106 valence electrons. The SMILES string of the molecule is [B]C(OC(=O)CC)C(COC(=O)CC)OC(=O)CC. The summed E-state index contributed by atoms with van der Waals surface area (Å²) < 4.78 is 14.7. The average Bonchev–Trinajstić information content (AvgIpc) is 2.41. The van der Waals surface area contributed by atoms with Crippen LogP contribution in [0.25, 0.3) is 0 Å². The minimum absolute atomic E-state index is 0.146. The molecule has 0 fully saturated rings. The molecular weight excluding hydrogens is 251 g/mol. The molecular formula is C12H19BO6. The molecule has 0 saturated carbocycles. The number of carbonyl (C=O) groups excluding carboxylic acids is 3. The van der Waals surface area contributed by atoms with Gasteiger partial charge in [0.2, 0.25) is 0 Å². The van der Waals surface area contributed by atoms with E-state index in [2.05, 4.69) is 0 Å². The van der Waals surface area contributed by atoms with Gasteiger partial charge in [-0.25, -0.2) is 0 Å². The van der Waals surface area contributed by atoms with Crippen molar-refractivity contribution >= 4 is 25.8 Å². The molecule has 0 saturated heterocycles. The summed E-state index contributed by atoms with van der Waals surface area (Å²) in [7, 11) is 5.61. The number of hydrogen-bond donors (Lipinski definition) is 0. The predicted octanol–water partition coefficient (Wildman–Crippen LogP) is 0.709. The van der Waals surface area contributed by atoms with Gasteiger partial charge < -0.3 is 14.2 Å². The van der Waals surface area contributed by atoms with Gasteiger partial charge in [0.25, 0.3) is 0 Å². The van der Waals surface area contributed by atoms with Crippen LogP contribution in [0.15, 0.2) is 0 Å². The second-order valence-corrected chi connectivity index (χ2v) is 3.73. The van der Waals surface area contributed by atoms with Crippen LogP contribution in [0.3, 0.4) is 0 Å². The Bertz CT molecular complexity index is 317. The van der Waals surface area contributed by atoms with Crippen LogP contribution >= 0.6 is 0 Å². The largest absolute Gasteiger partial charge is 0.469 e. The van der Waals surface area contributed by atoms with Crippen molar-refractivity contribution < 1.29 is 28.6 Å². The highest BCUT2D eigenvalue weighted by Gasteiger charge is 2.25. The second kappa shape index (κ2) is 9.41. The molecule has 0 aliphatic rings. The van der Waals surface area contributed by atoms with Crippen molar-refractivity contribution in [1.29, 1.82) is 0 Å². The molecule has 0 aromatic heterocycles. The fourth-order valence-corrected chi connectivity index (χ4v) is 1.04. The summed E-state index contributed by atoms with van der Waals surface area (Å²) in [5.41, 5.74) is 0. The number of ether oxygens (including phenoxy) is 3. The summed E-state index contributed by atoms with van der Waals surface area (Å²) in [4.78, 5) is 33.4. The summed E-state index contributed by atoms with van der Waals surface area (Å²) >= 11 is 0. The Morgan fingerprint density at radius 1 is 0.895 bits per heavy atom. The van der Waals surface area contributed by atoms with Crippen LogP contribution in [-0.4, -0.2) is 44.5 Å². The molecule has 19 heavy (non-hydrogen) atoms. The molecule has 0 bridgehead atoms. The van der Waals surface area contributed by atoms with Crippen molar-refractivity contribution in [3.05, 3.63) is 0 Å². The van der Waals surface area contributed by atoms with Gasteiger partial charge in [-0.1, -0.05) is 20.8 Å². The van der Waals surface area contributed by atoms with Gasteiger partial charge in [0.15, 0.2) is 6.10 Å². The Hall–Kier alpha value is -1.53. The van der Waals surface area contributed by atoms with Crippen LogP contribution in [0.5, 0.6) is 0 Å². The molecule has 0 aliphatic heterocycles. The van der Waals surface area contributed by atoms with Crippen LogP contribution < -0.4 is 0 Å². The lowest BCUT2D eigenvalue weighted by Gasteiger charge is -2.24. The molecule has 6 nitrogen and oxygen atoms in total. The van der Waals surface area contributed by atoms with Crippen LogP contribution in [0.4, 0.5) is 0 Å². The first-order chi connectivity index (χ1) is 8.94. The molecule has 0 aliphatic carbocycles. The van der Waals surface area contributed by atoms with Gasteiger partial charge in [-0.2, -0.15) is 0 Å². The molecule has 0 spiro atoms. The lowest BCUT2D eigenvalue weighted by atomic mass is 9.94. The predicted molar refractivity (Wildman–Crippen MR) is 67.3 cm³/mol. The maximum Gasteiger partial charge on any atom is 0.306 e. The van der Waals surface area contributed by atoms with Crippen molar-refractivity contribution in [3.63, 3.8) is 0 Å². The van der Waals surface area contributed by atoms with Crippen LogP contribution in [-0.2, 0) is 28.6 Å². The van der Waals surface area contributed by atoms with Gasteiger partial charge in [-0.3, -0.25) is 14.4 Å². The van der Waals surface area contributed by atoms with Gasteiger partial charge >= 0.3 is 17.9 Å². The Balaban J connectivity index is 4.50. The van der Waals surface area contributed by atoms with Crippen LogP contribution in [0.2, 0.25) is 0 Å². The van der Waals surface area contributed by atoms with Gasteiger partial charge in [0, 0.05) is 19.3 Å². The van der Waals surface area contributed by atoms with Gasteiger partial charge in [-0.05, 0) is 0 Å². The van der Waals surface area contributed by atoms with Crippen LogP contribution in [0, 0.1) is 0 Å². The first-order valence-corrected chi connectivity index (χ1v) is 6.24. The van der Waals surface area contributed by atoms with Gasteiger partial charge in [-0.15, -0.1) is 0 Å². The van der Waals surface area contributed by atoms with Crippen molar-refractivity contribution in [2.75, 3.05) is 6.61 Å². The average molecular weight is 270 g/mol. The third-order valence-electron chi connectivity index (χ3n) is 2.19. The van der Waals surface area contributed by atoms with E-state index in [1.165, 1.54) is 0 Å². The highest BCUT2D eigenvalue weighted by Crippen LogP contribution is 2.06. The van der Waals surface area contributed by atoms with E-state index in [4.69, 9.17) is 22.1 Å². The van der Waals surface area contributed by atoms with E-state index in [0.717, 1.165) is 0 Å². The monoisotopic (exact) mass is 270 g/mol. The lowest BCUT2D eigenvalue weighted by Crippen LogP contribution is -2.39. The quantitative estimate of drug-likeness (QED) is 0.367. The zero-order valence-corrected chi connectivity index (χ0v) is 11.5. The molecule has 7 heteroatoms. The summed E-state index contributed by atoms with van der Waals surface area (Å²) in [6.07, 6.45) is -0.513. The highest BCUT2D eigenvalue weighted by molar-refractivity contribution is 6.12. The summed E-state index contributed by atoms with van der Waals surface area (Å²) in [6.45, 7) is 4.61. The van der Waals surface area contributed by atoms with Gasteiger partial charge in [0.05, 0.1) is 6.00 Å². The number of rotatable bonds is 8. The molecule has 0 rings (SSSR count). The Morgan fingerprint density at radius 3 is 1.84 bits per heavy atom. The molecule has 2 atom stereocenters. The molecule has 2 unspecified atom stereocenters. The minimum Gasteiger partial charge on any atom is -0.469 e. The van der Waals surface area contributed by atoms with Crippen molar-refractivity contribution in [3.8, 4) is 0 Å². The Kier molecular flexibility index (Phi) is 8.66. The third-order valence-corrected chi connectivity index (χ3v) is 2.19. The first-order valence-electron chi connectivity index (χ1n) is 6.24. The summed E-state index contributed by atoms with van der Waals surface area (Å²) in [5, 5.41) is 0. The Labute approximate surface area is 114 Å². The molecule has 0 aromatic rings. The number of hydrogen-bond acceptors (Lipinski definition) is 6. The normalized spacial score (nSPS) is 13.2. The van der Waals surface area contributed by atoms with Gasteiger partial charge in [0.1, 0.15) is 14.5 Å². The lowest BCUT2D eigenvalue weighted by molar-refractivity contribution is -0.169. The standard InChI is InChI=1S/C12H19BO6/c1-4-9(14)17-7-8(18-10(15)5-2)12(13)19-11(16)6-3/h8,12H,4-7H2,1-3H3. The Morgan fingerprint density at radius 2 is 1.37 bits per heavy atom. The zero-order chi connectivity index (χ0) is 14.8. The van der Waals surface area contributed by atoms with E-state index in [1.807, 2.05) is 0 Å². The van der Waals surface area contributed by atoms with E-state index < -0.39 is 30.0 Å². The second-order valence-electron chi connectivity index (χ2n) is 3.73. The van der Waals surface area contributed by atoms with Crippen molar-refractivity contribution in [2.24, 2.45) is 0 Å². The van der Waals surface area contributed by atoms with E-state index in [0.29, 0.717) is 0 Å². The molecule has 0 N–H and O–H groups in total. The highest BCUT2D eigenvalue weighted by atomic mass is 16.6. The van der Waals surface area contributed by atoms with Crippen LogP contribution in [0.1, 0.15) is 40.0 Å².